The first-order chi connectivity index (χ1) is 10.2. The number of fused-ring (bicyclic) bond motifs is 1. The Hall–Kier alpha value is -2.15. The van der Waals surface area contributed by atoms with Crippen LogP contribution in [0.2, 0.25) is 0 Å². The van der Waals surface area contributed by atoms with Gasteiger partial charge in [0.2, 0.25) is 5.16 Å². The van der Waals surface area contributed by atoms with Crippen molar-refractivity contribution in [2.75, 3.05) is 0 Å². The fourth-order valence-corrected chi connectivity index (χ4v) is 3.03. The maximum absolute atomic E-state index is 11.7. The van der Waals surface area contributed by atoms with E-state index >= 15 is 0 Å². The zero-order valence-corrected chi connectivity index (χ0v) is 12.6. The first-order valence-corrected chi connectivity index (χ1v) is 7.58. The van der Waals surface area contributed by atoms with E-state index in [0.29, 0.717) is 17.9 Å². The molecule has 0 N–H and O–H groups in total. The summed E-state index contributed by atoms with van der Waals surface area (Å²) in [5, 5.41) is 13.2. The Balaban J connectivity index is 1.95. The molecule has 0 radical (unpaired) electrons. The molecule has 7 heteroatoms. The van der Waals surface area contributed by atoms with E-state index in [2.05, 4.69) is 15.5 Å². The summed E-state index contributed by atoms with van der Waals surface area (Å²) in [7, 11) is 0. The molecule has 3 rings (SSSR count). The van der Waals surface area contributed by atoms with Gasteiger partial charge in [0.15, 0.2) is 0 Å². The van der Waals surface area contributed by atoms with E-state index in [4.69, 9.17) is 4.42 Å². The van der Waals surface area contributed by atoms with Crippen molar-refractivity contribution < 1.29 is 4.42 Å². The number of aryl methyl sites for hydroxylation is 2. The lowest BCUT2D eigenvalue weighted by atomic mass is 10.1. The van der Waals surface area contributed by atoms with Crippen LogP contribution < -0.4 is 5.63 Å². The van der Waals surface area contributed by atoms with Crippen molar-refractivity contribution in [3.05, 3.63) is 45.8 Å². The van der Waals surface area contributed by atoms with Crippen molar-refractivity contribution in [3.8, 4) is 0 Å². The Labute approximate surface area is 125 Å². The van der Waals surface area contributed by atoms with Gasteiger partial charge in [0, 0.05) is 23.8 Å². The molecule has 0 aliphatic carbocycles. The zero-order chi connectivity index (χ0) is 14.8. The van der Waals surface area contributed by atoms with Gasteiger partial charge in [0.05, 0.1) is 0 Å². The zero-order valence-electron chi connectivity index (χ0n) is 11.7. The van der Waals surface area contributed by atoms with Crippen molar-refractivity contribution in [1.29, 1.82) is 0 Å². The Kier molecular flexibility index (Phi) is 3.74. The molecule has 0 unspecified atom stereocenters. The molecule has 0 amide bonds. The minimum atomic E-state index is -0.334. The maximum atomic E-state index is 11.7. The van der Waals surface area contributed by atoms with Gasteiger partial charge in [-0.1, -0.05) is 23.9 Å². The molecule has 0 saturated heterocycles. The number of nitrogens with zero attached hydrogens (tertiary/aromatic N) is 4. The van der Waals surface area contributed by atoms with E-state index in [1.165, 1.54) is 17.8 Å². The van der Waals surface area contributed by atoms with Gasteiger partial charge in [0.25, 0.3) is 0 Å². The number of hydrogen-bond acceptors (Lipinski definition) is 6. The van der Waals surface area contributed by atoms with E-state index in [1.807, 2.05) is 32.0 Å². The third kappa shape index (κ3) is 2.82. The SMILES string of the molecule is CCn1nnnc1SCc1cc(=O)oc2cc(C)ccc12. The number of tetrazole rings is 1. The minimum Gasteiger partial charge on any atom is -0.423 e. The van der Waals surface area contributed by atoms with Crippen LogP contribution in [0.1, 0.15) is 18.1 Å². The largest absolute Gasteiger partial charge is 0.423 e. The van der Waals surface area contributed by atoms with Crippen LogP contribution in [0.4, 0.5) is 0 Å². The average molecular weight is 302 g/mol. The van der Waals surface area contributed by atoms with E-state index in [9.17, 15) is 4.79 Å². The lowest BCUT2D eigenvalue weighted by molar-refractivity contribution is 0.559. The molecule has 21 heavy (non-hydrogen) atoms. The first-order valence-electron chi connectivity index (χ1n) is 6.59. The third-order valence-corrected chi connectivity index (χ3v) is 4.15. The van der Waals surface area contributed by atoms with Gasteiger partial charge < -0.3 is 4.42 Å². The quantitative estimate of drug-likeness (QED) is 0.544. The average Bonchev–Trinajstić information content (AvgIpc) is 2.91. The van der Waals surface area contributed by atoms with Gasteiger partial charge in [-0.3, -0.25) is 0 Å². The molecule has 2 heterocycles. The summed E-state index contributed by atoms with van der Waals surface area (Å²) in [6.07, 6.45) is 0. The Morgan fingerprint density at radius 3 is 3.00 bits per heavy atom. The van der Waals surface area contributed by atoms with E-state index < -0.39 is 0 Å². The Morgan fingerprint density at radius 1 is 1.33 bits per heavy atom. The van der Waals surface area contributed by atoms with Crippen LogP contribution >= 0.6 is 11.8 Å². The third-order valence-electron chi connectivity index (χ3n) is 3.14. The topological polar surface area (TPSA) is 73.8 Å². The predicted octanol–water partition coefficient (Wildman–Crippen LogP) is 2.40. The smallest absolute Gasteiger partial charge is 0.336 e. The van der Waals surface area contributed by atoms with Gasteiger partial charge in [-0.15, -0.1) is 5.10 Å². The normalized spacial score (nSPS) is 11.1. The summed E-state index contributed by atoms with van der Waals surface area (Å²) in [6, 6.07) is 7.39. The molecule has 1 aromatic carbocycles. The highest BCUT2D eigenvalue weighted by Crippen LogP contribution is 2.25. The van der Waals surface area contributed by atoms with E-state index in [0.717, 1.165) is 21.7 Å². The Morgan fingerprint density at radius 2 is 2.19 bits per heavy atom. The molecule has 0 bridgehead atoms. The van der Waals surface area contributed by atoms with Crippen molar-refractivity contribution in [2.24, 2.45) is 0 Å². The molecule has 0 aliphatic rings. The number of benzene rings is 1. The first kappa shape index (κ1) is 13.8. The van der Waals surface area contributed by atoms with Crippen molar-refractivity contribution in [1.82, 2.24) is 20.2 Å². The second-order valence-corrected chi connectivity index (χ2v) is 5.60. The van der Waals surface area contributed by atoms with Crippen LogP contribution in [0.15, 0.2) is 38.6 Å². The number of thioether (sulfide) groups is 1. The highest BCUT2D eigenvalue weighted by Gasteiger charge is 2.10. The van der Waals surface area contributed by atoms with Gasteiger partial charge in [-0.05, 0) is 41.5 Å². The maximum Gasteiger partial charge on any atom is 0.336 e. The summed E-state index contributed by atoms with van der Waals surface area (Å²) in [5.74, 6) is 0.617. The molecule has 6 nitrogen and oxygen atoms in total. The molecular formula is C14H14N4O2S. The molecule has 0 saturated carbocycles. The standard InChI is InChI=1S/C14H14N4O2S/c1-3-18-14(15-16-17-18)21-8-10-7-13(19)20-12-6-9(2)4-5-11(10)12/h4-7H,3,8H2,1-2H3. The van der Waals surface area contributed by atoms with Crippen molar-refractivity contribution in [2.45, 2.75) is 31.3 Å². The summed E-state index contributed by atoms with van der Waals surface area (Å²) in [4.78, 5) is 11.7. The van der Waals surface area contributed by atoms with Crippen LogP contribution in [0, 0.1) is 6.92 Å². The summed E-state index contributed by atoms with van der Waals surface area (Å²) >= 11 is 1.51. The predicted molar refractivity (Wildman–Crippen MR) is 80.3 cm³/mol. The van der Waals surface area contributed by atoms with Crippen molar-refractivity contribution >= 4 is 22.7 Å². The number of hydrogen-bond donors (Lipinski definition) is 0. The molecule has 0 spiro atoms. The van der Waals surface area contributed by atoms with Gasteiger partial charge in [-0.2, -0.15) is 0 Å². The van der Waals surface area contributed by atoms with Gasteiger partial charge >= 0.3 is 5.63 Å². The molecule has 0 aliphatic heterocycles. The minimum absolute atomic E-state index is 0.334. The summed E-state index contributed by atoms with van der Waals surface area (Å²) < 4.78 is 6.98. The lowest BCUT2D eigenvalue weighted by Crippen LogP contribution is -2.02. The number of aromatic nitrogens is 4. The molecule has 0 fully saturated rings. The number of rotatable bonds is 4. The van der Waals surface area contributed by atoms with Crippen molar-refractivity contribution in [3.63, 3.8) is 0 Å². The van der Waals surface area contributed by atoms with Crippen LogP contribution in [0.5, 0.6) is 0 Å². The molecule has 108 valence electrons. The second-order valence-electron chi connectivity index (χ2n) is 4.66. The van der Waals surface area contributed by atoms with Crippen LogP contribution in [-0.4, -0.2) is 20.2 Å². The molecule has 0 atom stereocenters. The second kappa shape index (κ2) is 5.69. The van der Waals surface area contributed by atoms with Gasteiger partial charge in [-0.25, -0.2) is 9.48 Å². The van der Waals surface area contributed by atoms with Crippen LogP contribution in [-0.2, 0) is 12.3 Å². The van der Waals surface area contributed by atoms with Crippen LogP contribution in [0.25, 0.3) is 11.0 Å². The fraction of sp³-hybridized carbons (Fsp3) is 0.286. The lowest BCUT2D eigenvalue weighted by Gasteiger charge is -2.05. The van der Waals surface area contributed by atoms with Gasteiger partial charge in [0.1, 0.15) is 5.58 Å². The monoisotopic (exact) mass is 302 g/mol. The van der Waals surface area contributed by atoms with E-state index in [1.54, 1.807) is 4.68 Å². The fourth-order valence-electron chi connectivity index (χ4n) is 2.10. The molecular weight excluding hydrogens is 288 g/mol. The highest BCUT2D eigenvalue weighted by atomic mass is 32.2. The summed E-state index contributed by atoms with van der Waals surface area (Å²) in [5.41, 5.74) is 2.27. The van der Waals surface area contributed by atoms with E-state index in [-0.39, 0.29) is 5.63 Å². The summed E-state index contributed by atoms with van der Waals surface area (Å²) in [6.45, 7) is 4.66. The highest BCUT2D eigenvalue weighted by molar-refractivity contribution is 7.98. The van der Waals surface area contributed by atoms with Crippen LogP contribution in [0.3, 0.4) is 0 Å². The molecule has 2 aromatic heterocycles. The molecule has 3 aromatic rings. The Bertz CT molecular complexity index is 840.